The van der Waals surface area contributed by atoms with Crippen LogP contribution >= 0.6 is 11.8 Å². The molecule has 21 heavy (non-hydrogen) atoms. The van der Waals surface area contributed by atoms with Crippen LogP contribution in [0.25, 0.3) is 0 Å². The van der Waals surface area contributed by atoms with Crippen LogP contribution in [0.4, 0.5) is 5.69 Å². The molecule has 3 nitrogen and oxygen atoms in total. The van der Waals surface area contributed by atoms with Gasteiger partial charge in [-0.2, -0.15) is 0 Å². The molecule has 0 bridgehead atoms. The maximum Gasteiger partial charge on any atom is 0.256 e. The number of hydrogen-bond donors (Lipinski definition) is 1. The highest BCUT2D eigenvalue weighted by Gasteiger charge is 2.12. The summed E-state index contributed by atoms with van der Waals surface area (Å²) < 4.78 is 5.66. The topological polar surface area (TPSA) is 38.3 Å². The van der Waals surface area contributed by atoms with E-state index in [9.17, 15) is 4.79 Å². The highest BCUT2D eigenvalue weighted by atomic mass is 32.2. The van der Waals surface area contributed by atoms with Crippen molar-refractivity contribution in [1.82, 2.24) is 0 Å². The number of carbonyl (C=O) groups is 1. The Labute approximate surface area is 129 Å². The summed E-state index contributed by atoms with van der Waals surface area (Å²) in [5.74, 6) is 0.585. The molecule has 0 saturated carbocycles. The molecular formula is C17H19NO2S. The minimum atomic E-state index is -0.118. The van der Waals surface area contributed by atoms with Crippen molar-refractivity contribution in [2.45, 2.75) is 18.2 Å². The van der Waals surface area contributed by atoms with E-state index in [1.807, 2.05) is 54.8 Å². The molecule has 1 amide bonds. The van der Waals surface area contributed by atoms with E-state index in [1.54, 1.807) is 11.8 Å². The maximum absolute atomic E-state index is 12.4. The largest absolute Gasteiger partial charge is 0.491 e. The van der Waals surface area contributed by atoms with Gasteiger partial charge in [0.2, 0.25) is 0 Å². The smallest absolute Gasteiger partial charge is 0.256 e. The zero-order chi connectivity index (χ0) is 15.1. The van der Waals surface area contributed by atoms with E-state index in [0.29, 0.717) is 23.6 Å². The summed E-state index contributed by atoms with van der Waals surface area (Å²) >= 11 is 1.56. The van der Waals surface area contributed by atoms with Gasteiger partial charge in [-0.3, -0.25) is 4.79 Å². The van der Waals surface area contributed by atoms with E-state index in [4.69, 9.17) is 4.74 Å². The molecule has 2 aromatic carbocycles. The van der Waals surface area contributed by atoms with Gasteiger partial charge in [0.1, 0.15) is 5.75 Å². The lowest BCUT2D eigenvalue weighted by Gasteiger charge is -2.13. The molecule has 0 radical (unpaired) electrons. The summed E-state index contributed by atoms with van der Waals surface area (Å²) in [5, 5.41) is 2.93. The van der Waals surface area contributed by atoms with Gasteiger partial charge in [-0.15, -0.1) is 11.8 Å². The summed E-state index contributed by atoms with van der Waals surface area (Å²) in [6.07, 6.45) is 2.89. The van der Waals surface area contributed by atoms with E-state index in [2.05, 4.69) is 12.2 Å². The normalized spacial score (nSPS) is 10.2. The first-order valence-corrected chi connectivity index (χ1v) is 8.15. The van der Waals surface area contributed by atoms with Crippen molar-refractivity contribution in [3.8, 4) is 5.75 Å². The van der Waals surface area contributed by atoms with Gasteiger partial charge < -0.3 is 10.1 Å². The summed E-state index contributed by atoms with van der Waals surface area (Å²) in [4.78, 5) is 13.4. The van der Waals surface area contributed by atoms with Crippen LogP contribution in [0, 0.1) is 0 Å². The first-order valence-electron chi connectivity index (χ1n) is 6.92. The molecule has 0 saturated heterocycles. The van der Waals surface area contributed by atoms with Crippen molar-refractivity contribution < 1.29 is 9.53 Å². The fourth-order valence-corrected chi connectivity index (χ4v) is 2.52. The molecule has 0 aliphatic heterocycles. The monoisotopic (exact) mass is 301 g/mol. The molecule has 0 atom stereocenters. The quantitative estimate of drug-likeness (QED) is 0.801. The van der Waals surface area contributed by atoms with Crippen LogP contribution in [0.15, 0.2) is 53.4 Å². The van der Waals surface area contributed by atoms with Gasteiger partial charge >= 0.3 is 0 Å². The van der Waals surface area contributed by atoms with Crippen molar-refractivity contribution in [1.29, 1.82) is 0 Å². The minimum Gasteiger partial charge on any atom is -0.491 e. The number of hydrogen-bond acceptors (Lipinski definition) is 3. The molecule has 1 N–H and O–H groups in total. The number of thioether (sulfide) groups is 1. The lowest BCUT2D eigenvalue weighted by Crippen LogP contribution is -2.14. The molecule has 0 unspecified atom stereocenters. The molecule has 0 aliphatic rings. The Bertz CT molecular complexity index is 613. The standard InChI is InChI=1S/C17H19NO2S/c1-3-12-20-15-10-6-5-9-14(15)18-17(19)13-8-4-7-11-16(13)21-2/h4-11H,3,12H2,1-2H3,(H,18,19). The van der Waals surface area contributed by atoms with Gasteiger partial charge in [0.15, 0.2) is 0 Å². The number of para-hydroxylation sites is 2. The SMILES string of the molecule is CCCOc1ccccc1NC(=O)c1ccccc1SC. The van der Waals surface area contributed by atoms with Crippen molar-refractivity contribution in [2.75, 3.05) is 18.2 Å². The first-order chi connectivity index (χ1) is 10.3. The zero-order valence-electron chi connectivity index (χ0n) is 12.3. The number of nitrogens with one attached hydrogen (secondary N) is 1. The molecule has 0 aliphatic carbocycles. The van der Waals surface area contributed by atoms with Crippen LogP contribution in [0.5, 0.6) is 5.75 Å². The summed E-state index contributed by atoms with van der Waals surface area (Å²) in [6.45, 7) is 2.68. The first kappa shape index (κ1) is 15.4. The van der Waals surface area contributed by atoms with Gasteiger partial charge in [-0.1, -0.05) is 31.2 Å². The van der Waals surface area contributed by atoms with Crippen LogP contribution < -0.4 is 10.1 Å². The molecule has 0 aromatic heterocycles. The second-order valence-corrected chi connectivity index (χ2v) is 5.35. The Morgan fingerprint density at radius 2 is 1.86 bits per heavy atom. The number of amides is 1. The number of anilines is 1. The van der Waals surface area contributed by atoms with Gasteiger partial charge in [0.05, 0.1) is 17.9 Å². The van der Waals surface area contributed by atoms with E-state index >= 15 is 0 Å². The highest BCUT2D eigenvalue weighted by molar-refractivity contribution is 7.98. The van der Waals surface area contributed by atoms with Crippen LogP contribution in [-0.4, -0.2) is 18.8 Å². The summed E-state index contributed by atoms with van der Waals surface area (Å²) in [5.41, 5.74) is 1.38. The summed E-state index contributed by atoms with van der Waals surface area (Å²) in [7, 11) is 0. The lowest BCUT2D eigenvalue weighted by molar-refractivity contribution is 0.102. The van der Waals surface area contributed by atoms with Crippen molar-refractivity contribution >= 4 is 23.4 Å². The van der Waals surface area contributed by atoms with Crippen molar-refractivity contribution in [2.24, 2.45) is 0 Å². The third-order valence-electron chi connectivity index (χ3n) is 2.95. The van der Waals surface area contributed by atoms with Crippen LogP contribution in [0.1, 0.15) is 23.7 Å². The number of rotatable bonds is 6. The second kappa shape index (κ2) is 7.74. The average Bonchev–Trinajstić information content (AvgIpc) is 2.54. The number of carbonyl (C=O) groups excluding carboxylic acids is 1. The van der Waals surface area contributed by atoms with E-state index in [0.717, 1.165) is 11.3 Å². The number of ether oxygens (including phenoxy) is 1. The molecule has 2 aromatic rings. The predicted octanol–water partition coefficient (Wildman–Crippen LogP) is 4.45. The third-order valence-corrected chi connectivity index (χ3v) is 3.74. The molecule has 0 fully saturated rings. The predicted molar refractivity (Wildman–Crippen MR) is 88.4 cm³/mol. The fraction of sp³-hybridized carbons (Fsp3) is 0.235. The molecule has 0 spiro atoms. The molecular weight excluding hydrogens is 282 g/mol. The Morgan fingerprint density at radius 1 is 1.14 bits per heavy atom. The molecule has 110 valence electrons. The van der Waals surface area contributed by atoms with Crippen LogP contribution in [-0.2, 0) is 0 Å². The molecule has 4 heteroatoms. The Balaban J connectivity index is 2.19. The van der Waals surface area contributed by atoms with Gasteiger partial charge in [-0.05, 0) is 36.9 Å². The third kappa shape index (κ3) is 4.02. The number of benzene rings is 2. The minimum absolute atomic E-state index is 0.118. The fourth-order valence-electron chi connectivity index (χ4n) is 1.93. The summed E-state index contributed by atoms with van der Waals surface area (Å²) in [6, 6.07) is 15.1. The molecule has 0 heterocycles. The van der Waals surface area contributed by atoms with Gasteiger partial charge in [0, 0.05) is 4.90 Å². The Kier molecular flexibility index (Phi) is 5.69. The molecule has 2 rings (SSSR count). The maximum atomic E-state index is 12.4. The van der Waals surface area contributed by atoms with E-state index < -0.39 is 0 Å². The van der Waals surface area contributed by atoms with E-state index in [-0.39, 0.29) is 5.91 Å². The Hall–Kier alpha value is -1.94. The van der Waals surface area contributed by atoms with Gasteiger partial charge in [0.25, 0.3) is 5.91 Å². The second-order valence-electron chi connectivity index (χ2n) is 4.50. The highest BCUT2D eigenvalue weighted by Crippen LogP contribution is 2.26. The van der Waals surface area contributed by atoms with Crippen LogP contribution in [0.2, 0.25) is 0 Å². The van der Waals surface area contributed by atoms with Gasteiger partial charge in [-0.25, -0.2) is 0 Å². The van der Waals surface area contributed by atoms with E-state index in [1.165, 1.54) is 0 Å². The average molecular weight is 301 g/mol. The van der Waals surface area contributed by atoms with Crippen molar-refractivity contribution in [3.05, 3.63) is 54.1 Å². The zero-order valence-corrected chi connectivity index (χ0v) is 13.1. The van der Waals surface area contributed by atoms with Crippen molar-refractivity contribution in [3.63, 3.8) is 0 Å². The Morgan fingerprint density at radius 3 is 2.62 bits per heavy atom. The van der Waals surface area contributed by atoms with Crippen LogP contribution in [0.3, 0.4) is 0 Å². The lowest BCUT2D eigenvalue weighted by atomic mass is 10.2.